The molecule has 40 heavy (non-hydrogen) atoms. The maximum absolute atomic E-state index is 11.9. The van der Waals surface area contributed by atoms with Gasteiger partial charge in [0.1, 0.15) is 5.54 Å². The summed E-state index contributed by atoms with van der Waals surface area (Å²) in [5, 5.41) is 0.593. The molecule has 2 nitrogen and oxygen atoms in total. The maximum Gasteiger partial charge on any atom is 0.157 e. The van der Waals surface area contributed by atoms with Crippen LogP contribution in [0, 0.1) is 0 Å². The lowest BCUT2D eigenvalue weighted by Gasteiger charge is -2.32. The monoisotopic (exact) mass is 699 g/mol. The number of carbonyl (C=O) groups is 1. The van der Waals surface area contributed by atoms with Crippen LogP contribution in [0.3, 0.4) is 0 Å². The van der Waals surface area contributed by atoms with E-state index in [2.05, 4.69) is 0 Å². The number of nitrogens with two attached hydrogens (primary N) is 1. The first kappa shape index (κ1) is 76.8. The third kappa shape index (κ3) is 51.9. The van der Waals surface area contributed by atoms with Gasteiger partial charge in [-0.2, -0.15) is 0 Å². The molecule has 1 fully saturated rings. The van der Waals surface area contributed by atoms with Gasteiger partial charge in [-0.25, -0.2) is 0 Å². The lowest BCUT2D eigenvalue weighted by atomic mass is 9.76. The quantitative estimate of drug-likeness (QED) is 0.297. The Bertz CT molecular complexity index is 429. The van der Waals surface area contributed by atoms with E-state index in [0.717, 1.165) is 18.4 Å². The lowest BCUT2D eigenvalue weighted by Crippen LogP contribution is -2.47. The average molecular weight is 700 g/mol. The van der Waals surface area contributed by atoms with Crippen LogP contribution >= 0.6 is 11.6 Å². The van der Waals surface area contributed by atoms with E-state index >= 15 is 0 Å². The molecule has 2 N–H and O–H groups in total. The largest absolute Gasteiger partial charge is 0.315 e. The molecule has 0 bridgehead atoms. The van der Waals surface area contributed by atoms with Crippen LogP contribution in [0.4, 0.5) is 114 Å². The summed E-state index contributed by atoms with van der Waals surface area (Å²) >= 11 is 6.08. The molecule has 0 aliphatic heterocycles. The van der Waals surface area contributed by atoms with Crippen molar-refractivity contribution in [3.63, 3.8) is 0 Å². The second-order valence-electron chi connectivity index (χ2n) is 4.08. The van der Waals surface area contributed by atoms with Gasteiger partial charge in [0.05, 0.1) is 0 Å². The van der Waals surface area contributed by atoms with Crippen LogP contribution in [0.5, 0.6) is 0 Å². The summed E-state index contributed by atoms with van der Waals surface area (Å²) in [5.41, 5.74) is 6.11. The number of benzene rings is 1. The Balaban J connectivity index is -0.0000000268. The third-order valence-electron chi connectivity index (χ3n) is 3.08. The van der Waals surface area contributed by atoms with Gasteiger partial charge < -0.3 is 5.73 Å². The first-order valence-corrected chi connectivity index (χ1v) is 7.31. The molecular weight excluding hydrogens is 685 g/mol. The summed E-state index contributed by atoms with van der Waals surface area (Å²) in [6, 6.07) is 7.36. The number of carbonyl (C=O) groups excluding carboxylic acids is 1. The molecule has 1 atom stereocenters. The molecule has 28 heteroatoms. The van der Waals surface area contributed by atoms with Gasteiger partial charge in [0.2, 0.25) is 0 Å². The summed E-state index contributed by atoms with van der Waals surface area (Å²) in [6.07, 6.45) is 3.22. The summed E-state index contributed by atoms with van der Waals surface area (Å²) in [5.74, 6) is 0.113. The predicted molar refractivity (Wildman–Crippen MR) is 89.9 cm³/mol. The highest BCUT2D eigenvalue weighted by Crippen LogP contribution is 2.35. The zero-order chi connectivity index (χ0) is 34.9. The molecule has 0 heterocycles. The molecule has 0 aromatic heterocycles. The minimum atomic E-state index is -0.851. The molecule has 0 saturated heterocycles. The van der Waals surface area contributed by atoms with E-state index in [1.165, 1.54) is 0 Å². The molecule has 0 radical (unpaired) electrons. The van der Waals surface area contributed by atoms with Gasteiger partial charge in [-0.3, -0.25) is 9.50 Å². The van der Waals surface area contributed by atoms with Crippen LogP contribution in [0.15, 0.2) is 24.3 Å². The smallest absolute Gasteiger partial charge is 0.157 e. The highest BCUT2D eigenvalue weighted by molar-refractivity contribution is 6.31. The van der Waals surface area contributed by atoms with Gasteiger partial charge in [-0.1, -0.05) is 36.2 Å². The molecule has 2 rings (SSSR count). The van der Waals surface area contributed by atoms with Crippen molar-refractivity contribution in [2.45, 2.75) is 31.2 Å². The number of rotatable bonds is 1. The van der Waals surface area contributed by atoms with Gasteiger partial charge in [0.25, 0.3) is 0 Å². The zero-order valence-corrected chi connectivity index (χ0v) is 18.7. The topological polar surface area (TPSA) is 43.1 Å². The van der Waals surface area contributed by atoms with Crippen molar-refractivity contribution in [2.75, 3.05) is 0 Å². The van der Waals surface area contributed by atoms with E-state index in [0.29, 0.717) is 17.9 Å². The summed E-state index contributed by atoms with van der Waals surface area (Å²) < 4.78 is 192. The third-order valence-corrected chi connectivity index (χ3v) is 3.41. The highest BCUT2D eigenvalue weighted by Gasteiger charge is 2.38. The van der Waals surface area contributed by atoms with Crippen LogP contribution < -0.4 is 5.73 Å². The Kier molecular flexibility index (Phi) is 210. The molecule has 1 aromatic rings. The van der Waals surface area contributed by atoms with Gasteiger partial charge in [0, 0.05) is 121 Å². The van der Waals surface area contributed by atoms with E-state index < -0.39 is 5.54 Å². The normalized spacial score (nSPS) is 11.8. The minimum absolute atomic E-state index is 0. The molecule has 0 unspecified atom stereocenters. The lowest BCUT2D eigenvalue weighted by molar-refractivity contribution is -0.126. The second kappa shape index (κ2) is 110. The van der Waals surface area contributed by atoms with E-state index in [4.69, 9.17) is 127 Å². The van der Waals surface area contributed by atoms with Gasteiger partial charge in [-0.15, -0.1) is 0 Å². The van der Waals surface area contributed by atoms with Crippen LogP contribution in [0.2, 0.25) is 5.02 Å². The number of hydrogen-bond donors (Lipinski definition) is 1. The summed E-state index contributed by atoms with van der Waals surface area (Å²) in [4.78, 5) is 11.9. The second-order valence-corrected chi connectivity index (χ2v) is 4.49. The molecule has 1 saturated carbocycles. The van der Waals surface area contributed by atoms with Crippen LogP contribution in [0.1, 0.15) is 31.2 Å². The molecule has 0 spiro atoms. The highest BCUT2D eigenvalue weighted by atomic mass is 35.5. The molecule has 1 aliphatic carbocycles. The fourth-order valence-corrected chi connectivity index (χ4v) is 2.46. The Morgan fingerprint density at radius 3 is 1.07 bits per heavy atom. The minimum Gasteiger partial charge on any atom is -0.315 e. The van der Waals surface area contributed by atoms with Crippen molar-refractivity contribution in [1.82, 2.24) is 0 Å². The standard InChI is InChI=1S/C12H14ClNO.12F2.FH/c13-10-6-2-1-5-9(10)12(14)8-4-3-7-11(12)15;12*1-2;/h1-2,5-6H,3-4,7-8,14H2;;;;;;;;;;;;;1H/t12-;;;;;;;;;;;;;/m0............./s1. The predicted octanol–water partition coefficient (Wildman–Crippen LogP) is 12.9. The Hall–Kier alpha value is -2.61. The van der Waals surface area contributed by atoms with Crippen molar-refractivity contribution in [1.29, 1.82) is 0 Å². The maximum atomic E-state index is 11.9. The molecule has 0 amide bonds. The average Bonchev–Trinajstić information content (AvgIpc) is 3.10. The Labute approximate surface area is 210 Å². The van der Waals surface area contributed by atoms with Crippen molar-refractivity contribution in [3.8, 4) is 0 Å². The van der Waals surface area contributed by atoms with Crippen molar-refractivity contribution in [3.05, 3.63) is 34.9 Å². The van der Waals surface area contributed by atoms with Crippen LogP contribution in [-0.4, -0.2) is 5.78 Å². The van der Waals surface area contributed by atoms with Crippen molar-refractivity contribution in [2.24, 2.45) is 5.73 Å². The SMILES string of the molecule is F.FF.FF.FF.FF.FF.FF.FF.FF.FF.FF.FF.FF.N[C@]1(c2ccccc2Cl)CCCCC1=O. The zero-order valence-electron chi connectivity index (χ0n) is 18.0. The van der Waals surface area contributed by atoms with Gasteiger partial charge in [0.15, 0.2) is 5.78 Å². The van der Waals surface area contributed by atoms with Crippen LogP contribution in [0.25, 0.3) is 0 Å². The van der Waals surface area contributed by atoms with E-state index in [1.54, 1.807) is 6.07 Å². The number of hydrogen-bond acceptors (Lipinski definition) is 2. The van der Waals surface area contributed by atoms with E-state index in [9.17, 15) is 4.79 Å². The summed E-state index contributed by atoms with van der Waals surface area (Å²) in [7, 11) is 0. The Morgan fingerprint density at radius 1 is 0.550 bits per heavy atom. The first-order chi connectivity index (χ1) is 19.1. The Morgan fingerprint density at radius 2 is 0.825 bits per heavy atom. The van der Waals surface area contributed by atoms with Crippen molar-refractivity contribution >= 4 is 17.4 Å². The fraction of sp³-hybridized carbons (Fsp3) is 0.417. The molecule has 256 valence electrons. The fourth-order valence-electron chi connectivity index (χ4n) is 2.16. The van der Waals surface area contributed by atoms with Crippen LogP contribution in [-0.2, 0) is 10.3 Å². The van der Waals surface area contributed by atoms with Crippen molar-refractivity contribution < 1.29 is 119 Å². The molecule has 1 aliphatic rings. The van der Waals surface area contributed by atoms with Gasteiger partial charge >= 0.3 is 0 Å². The summed E-state index contributed by atoms with van der Waals surface area (Å²) in [6.45, 7) is 0. The molecular formula is C12H15ClF25NO. The van der Waals surface area contributed by atoms with E-state index in [1.807, 2.05) is 18.2 Å². The number of ketones is 1. The van der Waals surface area contributed by atoms with E-state index in [-0.39, 0.29) is 10.5 Å². The number of Topliss-reactive ketones (excluding diaryl/α,β-unsaturated/α-hetero) is 1. The number of halogens is 26. The van der Waals surface area contributed by atoms with Gasteiger partial charge in [-0.05, 0) is 24.5 Å². The molecule has 1 aromatic carbocycles. The first-order valence-electron chi connectivity index (χ1n) is 6.93.